The van der Waals surface area contributed by atoms with Gasteiger partial charge in [-0.3, -0.25) is 9.69 Å². The number of aromatic nitrogens is 1. The maximum Gasteiger partial charge on any atom is 0.246 e. The maximum atomic E-state index is 13.0. The summed E-state index contributed by atoms with van der Waals surface area (Å²) in [7, 11) is 0. The molecule has 1 aliphatic rings. The maximum absolute atomic E-state index is 13.0. The van der Waals surface area contributed by atoms with Crippen molar-refractivity contribution in [3.8, 4) is 0 Å². The van der Waals surface area contributed by atoms with Crippen LogP contribution in [0.2, 0.25) is 0 Å². The lowest BCUT2D eigenvalue weighted by Gasteiger charge is -2.35. The third-order valence-corrected chi connectivity index (χ3v) is 4.15. The first kappa shape index (κ1) is 16.0. The minimum absolute atomic E-state index is 0.172. The van der Waals surface area contributed by atoms with Crippen molar-refractivity contribution in [3.63, 3.8) is 0 Å². The van der Waals surface area contributed by atoms with Gasteiger partial charge in [-0.2, -0.15) is 0 Å². The molecule has 118 valence electrons. The van der Waals surface area contributed by atoms with Crippen LogP contribution >= 0.6 is 0 Å². The van der Waals surface area contributed by atoms with Crippen LogP contribution in [0.4, 0.5) is 0 Å². The Kier molecular flexibility index (Phi) is 6.26. The van der Waals surface area contributed by atoms with Gasteiger partial charge in [0.1, 0.15) is 6.04 Å². The first-order valence-corrected chi connectivity index (χ1v) is 8.14. The summed E-state index contributed by atoms with van der Waals surface area (Å²) in [6.45, 7) is 9.58. The number of amides is 1. The molecule has 0 radical (unpaired) electrons. The molecule has 0 aliphatic carbocycles. The highest BCUT2D eigenvalue weighted by Gasteiger charge is 2.31. The van der Waals surface area contributed by atoms with E-state index >= 15 is 0 Å². The Morgan fingerprint density at radius 3 is 2.71 bits per heavy atom. The number of carbonyl (C=O) groups is 1. The number of piperazine rings is 1. The predicted molar refractivity (Wildman–Crippen MR) is 85.1 cm³/mol. The van der Waals surface area contributed by atoms with Crippen molar-refractivity contribution in [2.75, 3.05) is 39.3 Å². The van der Waals surface area contributed by atoms with Gasteiger partial charge in [-0.25, -0.2) is 0 Å². The lowest BCUT2D eigenvalue weighted by molar-refractivity contribution is -0.138. The normalized spacial score (nSPS) is 17.2. The minimum atomic E-state index is -0.172. The monoisotopic (exact) mass is 292 g/mol. The summed E-state index contributed by atoms with van der Waals surface area (Å²) in [6.07, 6.45) is 4.18. The van der Waals surface area contributed by atoms with Crippen LogP contribution in [0.5, 0.6) is 0 Å². The van der Waals surface area contributed by atoms with Crippen LogP contribution in [0.15, 0.2) is 18.3 Å². The smallest absolute Gasteiger partial charge is 0.246 e. The molecule has 1 aromatic heterocycles. The molecule has 1 amide bonds. The topological polar surface area (TPSA) is 51.4 Å². The molecule has 1 atom stereocenters. The van der Waals surface area contributed by atoms with E-state index in [2.05, 4.69) is 29.0 Å². The van der Waals surface area contributed by atoms with E-state index in [1.165, 1.54) is 0 Å². The summed E-state index contributed by atoms with van der Waals surface area (Å²) in [6, 6.07) is 3.83. The Bertz CT molecular complexity index is 412. The van der Waals surface area contributed by atoms with E-state index in [-0.39, 0.29) is 11.9 Å². The number of nitrogens with zero attached hydrogens (tertiary/aromatic N) is 2. The second-order valence-corrected chi connectivity index (χ2v) is 5.59. The molecule has 0 aromatic carbocycles. The van der Waals surface area contributed by atoms with Gasteiger partial charge >= 0.3 is 0 Å². The van der Waals surface area contributed by atoms with Crippen molar-refractivity contribution in [2.24, 2.45) is 0 Å². The first-order valence-electron chi connectivity index (χ1n) is 8.14. The van der Waals surface area contributed by atoms with E-state index in [4.69, 9.17) is 0 Å². The zero-order valence-corrected chi connectivity index (χ0v) is 13.3. The van der Waals surface area contributed by atoms with Gasteiger partial charge in [0.15, 0.2) is 0 Å². The largest absolute Gasteiger partial charge is 0.363 e. The molecule has 0 bridgehead atoms. The first-order chi connectivity index (χ1) is 10.3. The Morgan fingerprint density at radius 2 is 2.14 bits per heavy atom. The molecule has 1 aromatic rings. The Balaban J connectivity index is 2.16. The van der Waals surface area contributed by atoms with Crippen LogP contribution in [0, 0.1) is 0 Å². The molecule has 2 rings (SSSR count). The van der Waals surface area contributed by atoms with Crippen LogP contribution in [-0.4, -0.2) is 60.0 Å². The zero-order chi connectivity index (χ0) is 15.1. The van der Waals surface area contributed by atoms with E-state index in [0.29, 0.717) is 0 Å². The van der Waals surface area contributed by atoms with Gasteiger partial charge in [0.25, 0.3) is 0 Å². The van der Waals surface area contributed by atoms with E-state index in [0.717, 1.165) is 57.8 Å². The summed E-state index contributed by atoms with van der Waals surface area (Å²) < 4.78 is 0. The van der Waals surface area contributed by atoms with Crippen molar-refractivity contribution in [3.05, 3.63) is 24.0 Å². The van der Waals surface area contributed by atoms with Gasteiger partial charge in [0, 0.05) is 38.1 Å². The molecule has 5 heteroatoms. The van der Waals surface area contributed by atoms with Gasteiger partial charge in [-0.05, 0) is 31.6 Å². The lowest BCUT2D eigenvalue weighted by Crippen LogP contribution is -2.51. The molecule has 1 aliphatic heterocycles. The lowest BCUT2D eigenvalue weighted by atomic mass is 10.1. The van der Waals surface area contributed by atoms with Crippen molar-refractivity contribution in [1.82, 2.24) is 20.1 Å². The van der Waals surface area contributed by atoms with Gasteiger partial charge in [-0.15, -0.1) is 0 Å². The number of aromatic amines is 1. The number of unbranched alkanes of at least 4 members (excludes halogenated alkanes) is 1. The Hall–Kier alpha value is -1.33. The average Bonchev–Trinajstić information content (AvgIpc) is 3.05. The average molecular weight is 292 g/mol. The molecule has 0 spiro atoms. The highest BCUT2D eigenvalue weighted by atomic mass is 16.2. The number of carbonyl (C=O) groups excluding carboxylic acids is 1. The fraction of sp³-hybridized carbons (Fsp3) is 0.688. The fourth-order valence-electron chi connectivity index (χ4n) is 2.89. The highest BCUT2D eigenvalue weighted by Crippen LogP contribution is 2.22. The van der Waals surface area contributed by atoms with Crippen LogP contribution in [0.3, 0.4) is 0 Å². The molecule has 2 heterocycles. The minimum Gasteiger partial charge on any atom is -0.363 e. The quantitative estimate of drug-likeness (QED) is 0.803. The number of rotatable bonds is 7. The number of hydrogen-bond acceptors (Lipinski definition) is 3. The standard InChI is InChI=1S/C16H28N4O/c1-3-5-11-19(4-2)15(14-7-6-8-18-14)16(21)20-12-9-17-10-13-20/h6-8,15,17-18H,3-5,9-13H2,1-2H3. The van der Waals surface area contributed by atoms with Crippen molar-refractivity contribution in [1.29, 1.82) is 0 Å². The summed E-state index contributed by atoms with van der Waals surface area (Å²) in [5.41, 5.74) is 1.01. The molecular formula is C16H28N4O. The third-order valence-electron chi connectivity index (χ3n) is 4.15. The van der Waals surface area contributed by atoms with Crippen LogP contribution in [0.25, 0.3) is 0 Å². The predicted octanol–water partition coefficient (Wildman–Crippen LogP) is 1.61. The van der Waals surface area contributed by atoms with Gasteiger partial charge in [0.05, 0.1) is 0 Å². The summed E-state index contributed by atoms with van der Waals surface area (Å²) >= 11 is 0. The van der Waals surface area contributed by atoms with Crippen molar-refractivity contribution < 1.29 is 4.79 Å². The van der Waals surface area contributed by atoms with Crippen LogP contribution in [-0.2, 0) is 4.79 Å². The van der Waals surface area contributed by atoms with Gasteiger partial charge in [-0.1, -0.05) is 20.3 Å². The molecule has 0 saturated carbocycles. The van der Waals surface area contributed by atoms with E-state index in [1.807, 2.05) is 23.2 Å². The summed E-state index contributed by atoms with van der Waals surface area (Å²) in [4.78, 5) is 20.5. The second-order valence-electron chi connectivity index (χ2n) is 5.59. The van der Waals surface area contributed by atoms with E-state index in [9.17, 15) is 4.79 Å². The molecule has 1 saturated heterocycles. The molecule has 1 unspecified atom stereocenters. The Morgan fingerprint density at radius 1 is 1.38 bits per heavy atom. The number of nitrogens with one attached hydrogen (secondary N) is 2. The van der Waals surface area contributed by atoms with Gasteiger partial charge in [0.2, 0.25) is 5.91 Å². The third kappa shape index (κ3) is 4.08. The van der Waals surface area contributed by atoms with Gasteiger partial charge < -0.3 is 15.2 Å². The number of H-pyrrole nitrogens is 1. The molecule has 1 fully saturated rings. The fourth-order valence-corrected chi connectivity index (χ4v) is 2.89. The Labute approximate surface area is 127 Å². The number of likely N-dealkylation sites (N-methyl/N-ethyl adjacent to an activating group) is 1. The summed E-state index contributed by atoms with van der Waals surface area (Å²) in [5.74, 6) is 0.233. The second kappa shape index (κ2) is 8.20. The SMILES string of the molecule is CCCCN(CC)C(C(=O)N1CCNCC1)c1ccc[nH]1. The van der Waals surface area contributed by atoms with Crippen molar-refractivity contribution >= 4 is 5.91 Å². The van der Waals surface area contributed by atoms with E-state index in [1.54, 1.807) is 0 Å². The van der Waals surface area contributed by atoms with Crippen LogP contribution in [0.1, 0.15) is 38.4 Å². The van der Waals surface area contributed by atoms with Crippen molar-refractivity contribution in [2.45, 2.75) is 32.7 Å². The van der Waals surface area contributed by atoms with Crippen LogP contribution < -0.4 is 5.32 Å². The number of hydrogen-bond donors (Lipinski definition) is 2. The molecule has 21 heavy (non-hydrogen) atoms. The zero-order valence-electron chi connectivity index (χ0n) is 13.3. The van der Waals surface area contributed by atoms with E-state index < -0.39 is 0 Å². The summed E-state index contributed by atoms with van der Waals surface area (Å²) in [5, 5.41) is 3.31. The highest BCUT2D eigenvalue weighted by molar-refractivity contribution is 5.83. The molecule has 2 N–H and O–H groups in total. The molecular weight excluding hydrogens is 264 g/mol. The molecule has 5 nitrogen and oxygen atoms in total.